The van der Waals surface area contributed by atoms with E-state index < -0.39 is 0 Å². The number of carbonyl (C=O) groups is 1. The molecule has 1 unspecified atom stereocenters. The van der Waals surface area contributed by atoms with Gasteiger partial charge < -0.3 is 14.4 Å². The molecule has 2 aliphatic rings. The van der Waals surface area contributed by atoms with E-state index >= 15 is 0 Å². The van der Waals surface area contributed by atoms with Crippen LogP contribution in [0.15, 0.2) is 36.5 Å². The van der Waals surface area contributed by atoms with Gasteiger partial charge in [0.15, 0.2) is 11.5 Å². The topological polar surface area (TPSA) is 51.7 Å². The van der Waals surface area contributed by atoms with Gasteiger partial charge in [-0.05, 0) is 48.7 Å². The standard InChI is InChI=1S/C17H16N2O3/c1-11-13-9-16-15(21-10-22-16)8-12(13)5-7-19(11)17(20)14-4-2-3-6-18-14/h2-4,6,8-9,11H,5,7,10H2,1H3. The van der Waals surface area contributed by atoms with Crippen LogP contribution in [0.5, 0.6) is 11.5 Å². The van der Waals surface area contributed by atoms with Crippen molar-refractivity contribution < 1.29 is 14.3 Å². The van der Waals surface area contributed by atoms with Crippen molar-refractivity contribution in [2.24, 2.45) is 0 Å². The molecule has 0 saturated carbocycles. The predicted octanol–water partition coefficient (Wildman–Crippen LogP) is 2.57. The van der Waals surface area contributed by atoms with E-state index in [1.54, 1.807) is 12.3 Å². The highest BCUT2D eigenvalue weighted by atomic mass is 16.7. The summed E-state index contributed by atoms with van der Waals surface area (Å²) >= 11 is 0. The summed E-state index contributed by atoms with van der Waals surface area (Å²) in [4.78, 5) is 18.7. The molecule has 1 aromatic heterocycles. The van der Waals surface area contributed by atoms with E-state index in [0.29, 0.717) is 12.2 Å². The molecule has 5 heteroatoms. The normalized spacial score (nSPS) is 19.0. The lowest BCUT2D eigenvalue weighted by Gasteiger charge is -2.35. The number of benzene rings is 1. The Morgan fingerprint density at radius 3 is 2.86 bits per heavy atom. The number of aromatic nitrogens is 1. The van der Waals surface area contributed by atoms with E-state index in [1.165, 1.54) is 5.56 Å². The largest absolute Gasteiger partial charge is 0.454 e. The number of carbonyl (C=O) groups excluding carboxylic acids is 1. The molecule has 2 aromatic rings. The summed E-state index contributed by atoms with van der Waals surface area (Å²) in [5.41, 5.74) is 2.83. The Balaban J connectivity index is 1.67. The average molecular weight is 296 g/mol. The number of ether oxygens (including phenoxy) is 2. The Morgan fingerprint density at radius 2 is 2.09 bits per heavy atom. The van der Waals surface area contributed by atoms with Gasteiger partial charge in [-0.15, -0.1) is 0 Å². The predicted molar refractivity (Wildman–Crippen MR) is 80.0 cm³/mol. The summed E-state index contributed by atoms with van der Waals surface area (Å²) < 4.78 is 10.9. The van der Waals surface area contributed by atoms with Crippen molar-refractivity contribution in [3.8, 4) is 11.5 Å². The first-order valence-electron chi connectivity index (χ1n) is 7.38. The number of hydrogen-bond acceptors (Lipinski definition) is 4. The van der Waals surface area contributed by atoms with Crippen LogP contribution in [0.25, 0.3) is 0 Å². The van der Waals surface area contributed by atoms with Crippen LogP contribution in [0.4, 0.5) is 0 Å². The SMILES string of the molecule is CC1c2cc3c(cc2CCN1C(=O)c1ccccn1)OCO3. The molecule has 1 atom stereocenters. The summed E-state index contributed by atoms with van der Waals surface area (Å²) in [6, 6.07) is 9.43. The average Bonchev–Trinajstić information content (AvgIpc) is 3.01. The quantitative estimate of drug-likeness (QED) is 0.811. The lowest BCUT2D eigenvalue weighted by atomic mass is 9.92. The molecule has 0 saturated heterocycles. The van der Waals surface area contributed by atoms with Crippen LogP contribution in [-0.2, 0) is 6.42 Å². The first-order valence-corrected chi connectivity index (χ1v) is 7.38. The molecule has 112 valence electrons. The molecule has 3 heterocycles. The minimum atomic E-state index is -0.0311. The fraction of sp³-hybridized carbons (Fsp3) is 0.294. The maximum atomic E-state index is 12.7. The summed E-state index contributed by atoms with van der Waals surface area (Å²) in [5, 5.41) is 0. The van der Waals surface area contributed by atoms with Crippen LogP contribution in [0.3, 0.4) is 0 Å². The second kappa shape index (κ2) is 5.02. The Morgan fingerprint density at radius 1 is 1.27 bits per heavy atom. The van der Waals surface area contributed by atoms with Crippen LogP contribution in [0.1, 0.15) is 34.6 Å². The zero-order valence-corrected chi connectivity index (χ0v) is 12.3. The summed E-state index contributed by atoms with van der Waals surface area (Å²) in [7, 11) is 0. The fourth-order valence-electron chi connectivity index (χ4n) is 3.12. The van der Waals surface area contributed by atoms with Gasteiger partial charge in [0.05, 0.1) is 6.04 Å². The van der Waals surface area contributed by atoms with Crippen LogP contribution in [0, 0.1) is 0 Å². The molecular weight excluding hydrogens is 280 g/mol. The van der Waals surface area contributed by atoms with Crippen molar-refractivity contribution >= 4 is 5.91 Å². The number of fused-ring (bicyclic) bond motifs is 2. The lowest BCUT2D eigenvalue weighted by molar-refractivity contribution is 0.0671. The molecule has 0 radical (unpaired) electrons. The Bertz CT molecular complexity index is 730. The van der Waals surface area contributed by atoms with Crippen molar-refractivity contribution in [1.29, 1.82) is 0 Å². The summed E-state index contributed by atoms with van der Waals surface area (Å²) in [6.07, 6.45) is 2.46. The van der Waals surface area contributed by atoms with Gasteiger partial charge in [-0.1, -0.05) is 6.07 Å². The first kappa shape index (κ1) is 13.1. The van der Waals surface area contributed by atoms with Gasteiger partial charge in [0.25, 0.3) is 5.91 Å². The van der Waals surface area contributed by atoms with E-state index in [0.717, 1.165) is 23.5 Å². The van der Waals surface area contributed by atoms with E-state index in [-0.39, 0.29) is 18.7 Å². The van der Waals surface area contributed by atoms with Crippen LogP contribution < -0.4 is 9.47 Å². The highest BCUT2D eigenvalue weighted by Gasteiger charge is 2.31. The molecule has 5 nitrogen and oxygen atoms in total. The van der Waals surface area contributed by atoms with Crippen molar-refractivity contribution in [3.63, 3.8) is 0 Å². The molecule has 2 aliphatic heterocycles. The van der Waals surface area contributed by atoms with Crippen molar-refractivity contribution in [2.45, 2.75) is 19.4 Å². The maximum Gasteiger partial charge on any atom is 0.272 e. The summed E-state index contributed by atoms with van der Waals surface area (Å²) in [5.74, 6) is 1.53. The molecule has 0 N–H and O–H groups in total. The molecule has 1 amide bonds. The minimum Gasteiger partial charge on any atom is -0.454 e. The molecule has 22 heavy (non-hydrogen) atoms. The van der Waals surface area contributed by atoms with Gasteiger partial charge in [-0.2, -0.15) is 0 Å². The number of nitrogens with zero attached hydrogens (tertiary/aromatic N) is 2. The van der Waals surface area contributed by atoms with E-state index in [9.17, 15) is 4.79 Å². The Hall–Kier alpha value is -2.56. The van der Waals surface area contributed by atoms with Crippen LogP contribution >= 0.6 is 0 Å². The highest BCUT2D eigenvalue weighted by molar-refractivity contribution is 5.92. The Labute approximate surface area is 128 Å². The van der Waals surface area contributed by atoms with Crippen molar-refractivity contribution in [1.82, 2.24) is 9.88 Å². The minimum absolute atomic E-state index is 0.00671. The molecular formula is C17H16N2O3. The highest BCUT2D eigenvalue weighted by Crippen LogP contribution is 2.40. The van der Waals surface area contributed by atoms with Crippen LogP contribution in [0.2, 0.25) is 0 Å². The smallest absolute Gasteiger partial charge is 0.272 e. The van der Waals surface area contributed by atoms with Gasteiger partial charge in [0.1, 0.15) is 5.69 Å². The molecule has 0 fully saturated rings. The summed E-state index contributed by atoms with van der Waals surface area (Å²) in [6.45, 7) is 2.99. The lowest BCUT2D eigenvalue weighted by Crippen LogP contribution is -2.39. The van der Waals surface area contributed by atoms with Gasteiger partial charge >= 0.3 is 0 Å². The van der Waals surface area contributed by atoms with Crippen LogP contribution in [-0.4, -0.2) is 29.1 Å². The third-order valence-corrected chi connectivity index (χ3v) is 4.32. The zero-order chi connectivity index (χ0) is 15.1. The number of rotatable bonds is 1. The molecule has 0 aliphatic carbocycles. The van der Waals surface area contributed by atoms with Gasteiger partial charge in [-0.25, -0.2) is 0 Å². The zero-order valence-electron chi connectivity index (χ0n) is 12.3. The number of pyridine rings is 1. The number of amides is 1. The first-order chi connectivity index (χ1) is 10.7. The second-order valence-electron chi connectivity index (χ2n) is 5.54. The second-order valence-corrected chi connectivity index (χ2v) is 5.54. The third-order valence-electron chi connectivity index (χ3n) is 4.32. The van der Waals surface area contributed by atoms with Crippen molar-refractivity contribution in [2.75, 3.05) is 13.3 Å². The van der Waals surface area contributed by atoms with Gasteiger partial charge in [-0.3, -0.25) is 9.78 Å². The van der Waals surface area contributed by atoms with Gasteiger partial charge in [0.2, 0.25) is 6.79 Å². The molecule has 4 rings (SSSR count). The molecule has 0 bridgehead atoms. The van der Waals surface area contributed by atoms with Crippen molar-refractivity contribution in [3.05, 3.63) is 53.3 Å². The van der Waals surface area contributed by atoms with Gasteiger partial charge in [0, 0.05) is 12.7 Å². The van der Waals surface area contributed by atoms with E-state index in [4.69, 9.17) is 9.47 Å². The third kappa shape index (κ3) is 2.01. The maximum absolute atomic E-state index is 12.7. The monoisotopic (exact) mass is 296 g/mol. The molecule has 0 spiro atoms. The fourth-order valence-corrected chi connectivity index (χ4v) is 3.12. The number of hydrogen-bond donors (Lipinski definition) is 0. The Kier molecular flexibility index (Phi) is 2.99. The van der Waals surface area contributed by atoms with E-state index in [1.807, 2.05) is 36.1 Å². The van der Waals surface area contributed by atoms with E-state index in [2.05, 4.69) is 4.98 Å². The molecule has 1 aromatic carbocycles.